The third-order valence-corrected chi connectivity index (χ3v) is 4.08. The first kappa shape index (κ1) is 12.7. The molecule has 1 heterocycles. The Labute approximate surface area is 112 Å². The second-order valence-electron chi connectivity index (χ2n) is 3.71. The molecule has 0 fully saturated rings. The zero-order valence-electron chi connectivity index (χ0n) is 9.28. The zero-order chi connectivity index (χ0) is 12.4. The number of nitrogens with zero attached hydrogens (tertiary/aromatic N) is 1. The van der Waals surface area contributed by atoms with Gasteiger partial charge in [0, 0.05) is 10.9 Å². The Morgan fingerprint density at radius 2 is 2.29 bits per heavy atom. The van der Waals surface area contributed by atoms with Gasteiger partial charge in [0.2, 0.25) is 0 Å². The van der Waals surface area contributed by atoms with E-state index in [0.29, 0.717) is 4.47 Å². The molecule has 5 heteroatoms. The van der Waals surface area contributed by atoms with E-state index in [1.54, 1.807) is 23.5 Å². The van der Waals surface area contributed by atoms with Gasteiger partial charge in [0.1, 0.15) is 10.8 Å². The predicted molar refractivity (Wildman–Crippen MR) is 72.4 cm³/mol. The first-order valence-electron chi connectivity index (χ1n) is 5.28. The Kier molecular flexibility index (Phi) is 3.91. The molecule has 2 rings (SSSR count). The summed E-state index contributed by atoms with van der Waals surface area (Å²) in [6.07, 6.45) is 0.861. The van der Waals surface area contributed by atoms with Gasteiger partial charge in [-0.2, -0.15) is 0 Å². The van der Waals surface area contributed by atoms with Gasteiger partial charge in [0.05, 0.1) is 16.2 Å². The number of nitrogens with two attached hydrogens (primary N) is 1. The predicted octanol–water partition coefficient (Wildman–Crippen LogP) is 4.12. The SMILES string of the molecule is CCC(N)c1nc(-c2ccc(F)c(Br)c2)cs1. The van der Waals surface area contributed by atoms with Crippen LogP contribution < -0.4 is 5.73 Å². The maximum Gasteiger partial charge on any atom is 0.137 e. The topological polar surface area (TPSA) is 38.9 Å². The van der Waals surface area contributed by atoms with Crippen molar-refractivity contribution in [1.29, 1.82) is 0 Å². The summed E-state index contributed by atoms with van der Waals surface area (Å²) in [4.78, 5) is 4.47. The second-order valence-corrected chi connectivity index (χ2v) is 5.46. The highest BCUT2D eigenvalue weighted by atomic mass is 79.9. The quantitative estimate of drug-likeness (QED) is 0.925. The maximum absolute atomic E-state index is 13.1. The Bertz CT molecular complexity index is 527. The molecular formula is C12H12BrFN2S. The van der Waals surface area contributed by atoms with Gasteiger partial charge in [-0.05, 0) is 40.5 Å². The van der Waals surface area contributed by atoms with Crippen molar-refractivity contribution < 1.29 is 4.39 Å². The summed E-state index contributed by atoms with van der Waals surface area (Å²) in [7, 11) is 0. The van der Waals surface area contributed by atoms with Crippen LogP contribution >= 0.6 is 27.3 Å². The van der Waals surface area contributed by atoms with Crippen LogP contribution in [0.25, 0.3) is 11.3 Å². The lowest BCUT2D eigenvalue weighted by molar-refractivity contribution is 0.621. The van der Waals surface area contributed by atoms with Crippen molar-refractivity contribution >= 4 is 27.3 Å². The van der Waals surface area contributed by atoms with Gasteiger partial charge in [-0.3, -0.25) is 0 Å². The normalized spacial score (nSPS) is 12.7. The molecule has 2 aromatic rings. The highest BCUT2D eigenvalue weighted by molar-refractivity contribution is 9.10. The first-order chi connectivity index (χ1) is 8.11. The monoisotopic (exact) mass is 314 g/mol. The van der Waals surface area contributed by atoms with Crippen molar-refractivity contribution in [2.24, 2.45) is 5.73 Å². The van der Waals surface area contributed by atoms with Crippen LogP contribution in [0.2, 0.25) is 0 Å². The van der Waals surface area contributed by atoms with Gasteiger partial charge in [-0.25, -0.2) is 9.37 Å². The Balaban J connectivity index is 2.33. The molecule has 0 aliphatic carbocycles. The van der Waals surface area contributed by atoms with Gasteiger partial charge in [0.25, 0.3) is 0 Å². The molecule has 0 spiro atoms. The largest absolute Gasteiger partial charge is 0.322 e. The minimum Gasteiger partial charge on any atom is -0.322 e. The van der Waals surface area contributed by atoms with Gasteiger partial charge in [-0.15, -0.1) is 11.3 Å². The lowest BCUT2D eigenvalue weighted by Gasteiger charge is -2.03. The van der Waals surface area contributed by atoms with Crippen LogP contribution in [0.3, 0.4) is 0 Å². The Morgan fingerprint density at radius 3 is 2.94 bits per heavy atom. The van der Waals surface area contributed by atoms with E-state index in [4.69, 9.17) is 5.73 Å². The minimum absolute atomic E-state index is 0.0161. The smallest absolute Gasteiger partial charge is 0.137 e. The molecule has 0 aliphatic rings. The summed E-state index contributed by atoms with van der Waals surface area (Å²) in [5, 5.41) is 2.87. The van der Waals surface area contributed by atoms with Crippen LogP contribution in [0.15, 0.2) is 28.1 Å². The van der Waals surface area contributed by atoms with Crippen molar-refractivity contribution in [1.82, 2.24) is 4.98 Å². The molecule has 1 unspecified atom stereocenters. The highest BCUT2D eigenvalue weighted by Crippen LogP contribution is 2.28. The molecule has 2 N–H and O–H groups in total. The number of aromatic nitrogens is 1. The van der Waals surface area contributed by atoms with Crippen LogP contribution in [0, 0.1) is 5.82 Å². The van der Waals surface area contributed by atoms with Crippen molar-refractivity contribution in [3.8, 4) is 11.3 Å². The van der Waals surface area contributed by atoms with Crippen molar-refractivity contribution in [3.63, 3.8) is 0 Å². The number of hydrogen-bond acceptors (Lipinski definition) is 3. The van der Waals surface area contributed by atoms with Crippen LogP contribution in [-0.4, -0.2) is 4.98 Å². The van der Waals surface area contributed by atoms with Gasteiger partial charge in [-0.1, -0.05) is 6.92 Å². The van der Waals surface area contributed by atoms with E-state index in [1.807, 2.05) is 12.3 Å². The van der Waals surface area contributed by atoms with Crippen LogP contribution in [0.1, 0.15) is 24.4 Å². The summed E-state index contributed by atoms with van der Waals surface area (Å²) >= 11 is 4.71. The average Bonchev–Trinajstić information content (AvgIpc) is 2.81. The molecule has 0 bridgehead atoms. The lowest BCUT2D eigenvalue weighted by atomic mass is 10.2. The number of benzene rings is 1. The maximum atomic E-state index is 13.1. The van der Waals surface area contributed by atoms with E-state index >= 15 is 0 Å². The second kappa shape index (κ2) is 5.25. The number of hydrogen-bond donors (Lipinski definition) is 1. The van der Waals surface area contributed by atoms with Crippen LogP contribution in [0.5, 0.6) is 0 Å². The summed E-state index contributed by atoms with van der Waals surface area (Å²) in [5.74, 6) is -0.269. The summed E-state index contributed by atoms with van der Waals surface area (Å²) in [6.45, 7) is 2.03. The number of halogens is 2. The molecule has 0 radical (unpaired) electrons. The fourth-order valence-corrected chi connectivity index (χ4v) is 2.71. The number of thiazole rings is 1. The fraction of sp³-hybridized carbons (Fsp3) is 0.250. The fourth-order valence-electron chi connectivity index (χ4n) is 1.42. The van der Waals surface area contributed by atoms with E-state index in [0.717, 1.165) is 22.7 Å². The third-order valence-electron chi connectivity index (χ3n) is 2.49. The molecule has 0 aliphatic heterocycles. The van der Waals surface area contributed by atoms with Gasteiger partial charge in [0.15, 0.2) is 0 Å². The molecule has 1 atom stereocenters. The van der Waals surface area contributed by atoms with E-state index < -0.39 is 0 Å². The van der Waals surface area contributed by atoms with Crippen LogP contribution in [-0.2, 0) is 0 Å². The first-order valence-corrected chi connectivity index (χ1v) is 6.95. The molecule has 1 aromatic heterocycles. The molecule has 2 nitrogen and oxygen atoms in total. The Hall–Kier alpha value is -0.780. The summed E-state index contributed by atoms with van der Waals surface area (Å²) < 4.78 is 13.6. The van der Waals surface area contributed by atoms with E-state index in [9.17, 15) is 4.39 Å². The summed E-state index contributed by atoms with van der Waals surface area (Å²) in [5.41, 5.74) is 7.65. The molecule has 0 saturated heterocycles. The van der Waals surface area contributed by atoms with Gasteiger partial charge < -0.3 is 5.73 Å². The zero-order valence-corrected chi connectivity index (χ0v) is 11.7. The molecule has 0 amide bonds. The Morgan fingerprint density at radius 1 is 1.53 bits per heavy atom. The van der Waals surface area contributed by atoms with Crippen molar-refractivity contribution in [2.45, 2.75) is 19.4 Å². The third kappa shape index (κ3) is 2.73. The molecular weight excluding hydrogens is 303 g/mol. The van der Waals surface area contributed by atoms with E-state index in [-0.39, 0.29) is 11.9 Å². The van der Waals surface area contributed by atoms with Gasteiger partial charge >= 0.3 is 0 Å². The number of rotatable bonds is 3. The lowest BCUT2D eigenvalue weighted by Crippen LogP contribution is -2.07. The minimum atomic E-state index is -0.269. The highest BCUT2D eigenvalue weighted by Gasteiger charge is 2.11. The van der Waals surface area contributed by atoms with Crippen molar-refractivity contribution in [3.05, 3.63) is 38.9 Å². The molecule has 1 aromatic carbocycles. The standard InChI is InChI=1S/C12H12BrFN2S/c1-2-10(15)12-16-11(6-17-12)7-3-4-9(14)8(13)5-7/h3-6,10H,2,15H2,1H3. The van der Waals surface area contributed by atoms with Crippen molar-refractivity contribution in [2.75, 3.05) is 0 Å². The average molecular weight is 315 g/mol. The summed E-state index contributed by atoms with van der Waals surface area (Å²) in [6, 6.07) is 4.86. The molecule has 90 valence electrons. The van der Waals surface area contributed by atoms with E-state index in [2.05, 4.69) is 20.9 Å². The van der Waals surface area contributed by atoms with Crippen LogP contribution in [0.4, 0.5) is 4.39 Å². The molecule has 0 saturated carbocycles. The van der Waals surface area contributed by atoms with E-state index in [1.165, 1.54) is 6.07 Å². The molecule has 17 heavy (non-hydrogen) atoms.